The summed E-state index contributed by atoms with van der Waals surface area (Å²) in [6.07, 6.45) is -1.53. The summed E-state index contributed by atoms with van der Waals surface area (Å²) in [7, 11) is -3.99. The topological polar surface area (TPSA) is 133 Å². The SMILES string of the molecule is CC(=O)OCC1=C(C(=O)OC(C)(C)C)N2C(=O)[C@H](OC(C)=O)C2S(=O)(=O)C1. The van der Waals surface area contributed by atoms with Gasteiger partial charge in [0.2, 0.25) is 6.10 Å². The Hall–Kier alpha value is -2.43. The maximum atomic E-state index is 12.6. The summed E-state index contributed by atoms with van der Waals surface area (Å²) in [5.41, 5.74) is -1.30. The fourth-order valence-corrected chi connectivity index (χ4v) is 4.70. The largest absolute Gasteiger partial charge is 0.461 e. The van der Waals surface area contributed by atoms with Crippen molar-refractivity contribution in [2.24, 2.45) is 0 Å². The number of β-lactam (4-membered cyclic amide) rings is 1. The highest BCUT2D eigenvalue weighted by molar-refractivity contribution is 7.92. The lowest BCUT2D eigenvalue weighted by Gasteiger charge is -2.48. The molecule has 1 saturated heterocycles. The van der Waals surface area contributed by atoms with Crippen LogP contribution in [0.1, 0.15) is 34.6 Å². The van der Waals surface area contributed by atoms with Gasteiger partial charge < -0.3 is 14.2 Å². The molecule has 0 spiro atoms. The van der Waals surface area contributed by atoms with Gasteiger partial charge >= 0.3 is 17.9 Å². The quantitative estimate of drug-likeness (QED) is 0.351. The van der Waals surface area contributed by atoms with Crippen molar-refractivity contribution in [3.63, 3.8) is 0 Å². The van der Waals surface area contributed by atoms with Crippen LogP contribution in [-0.2, 0) is 43.2 Å². The van der Waals surface area contributed by atoms with E-state index in [1.54, 1.807) is 20.8 Å². The van der Waals surface area contributed by atoms with Crippen LogP contribution < -0.4 is 0 Å². The van der Waals surface area contributed by atoms with Crippen LogP contribution >= 0.6 is 0 Å². The lowest BCUT2D eigenvalue weighted by Crippen LogP contribution is -2.71. The molecule has 150 valence electrons. The molecule has 2 atom stereocenters. The van der Waals surface area contributed by atoms with Crippen LogP contribution in [0.15, 0.2) is 11.3 Å². The maximum absolute atomic E-state index is 12.6. The molecule has 0 radical (unpaired) electrons. The lowest BCUT2D eigenvalue weighted by molar-refractivity contribution is -0.176. The van der Waals surface area contributed by atoms with Gasteiger partial charge in [0.1, 0.15) is 17.9 Å². The van der Waals surface area contributed by atoms with E-state index in [2.05, 4.69) is 0 Å². The monoisotopic (exact) mass is 403 g/mol. The number of sulfone groups is 1. The molecule has 2 aliphatic heterocycles. The molecule has 1 amide bonds. The third kappa shape index (κ3) is 4.29. The van der Waals surface area contributed by atoms with Crippen LogP contribution in [-0.4, -0.2) is 66.6 Å². The van der Waals surface area contributed by atoms with Crippen LogP contribution in [0.3, 0.4) is 0 Å². The molecule has 2 rings (SSSR count). The van der Waals surface area contributed by atoms with Crippen LogP contribution in [0.4, 0.5) is 0 Å². The van der Waals surface area contributed by atoms with Gasteiger partial charge in [0.25, 0.3) is 5.91 Å². The van der Waals surface area contributed by atoms with E-state index in [1.165, 1.54) is 0 Å². The molecule has 0 aliphatic carbocycles. The van der Waals surface area contributed by atoms with E-state index in [-0.39, 0.29) is 11.3 Å². The highest BCUT2D eigenvalue weighted by atomic mass is 32.2. The number of carbonyl (C=O) groups excluding carboxylic acids is 4. The molecular weight excluding hydrogens is 382 g/mol. The van der Waals surface area contributed by atoms with Crippen molar-refractivity contribution in [3.05, 3.63) is 11.3 Å². The Morgan fingerprint density at radius 1 is 1.15 bits per heavy atom. The predicted octanol–water partition coefficient (Wildman–Crippen LogP) is -0.326. The van der Waals surface area contributed by atoms with Gasteiger partial charge in [0, 0.05) is 19.4 Å². The van der Waals surface area contributed by atoms with E-state index >= 15 is 0 Å². The second-order valence-corrected chi connectivity index (χ2v) is 9.27. The summed E-state index contributed by atoms with van der Waals surface area (Å²) in [4.78, 5) is 48.1. The van der Waals surface area contributed by atoms with Crippen LogP contribution in [0, 0.1) is 0 Å². The normalized spacial score (nSPS) is 23.9. The summed E-state index contributed by atoms with van der Waals surface area (Å²) in [6.45, 7) is 6.49. The zero-order valence-corrected chi connectivity index (χ0v) is 16.4. The second kappa shape index (κ2) is 6.95. The predicted molar refractivity (Wildman–Crippen MR) is 89.5 cm³/mol. The highest BCUT2D eigenvalue weighted by Crippen LogP contribution is 2.39. The van der Waals surface area contributed by atoms with Gasteiger partial charge in [-0.25, -0.2) is 13.2 Å². The Kier molecular flexibility index (Phi) is 5.37. The summed E-state index contributed by atoms with van der Waals surface area (Å²) < 4.78 is 40.0. The van der Waals surface area contributed by atoms with E-state index < -0.39 is 63.1 Å². The minimum absolute atomic E-state index is 0.0784. The zero-order valence-electron chi connectivity index (χ0n) is 15.6. The van der Waals surface area contributed by atoms with Crippen molar-refractivity contribution in [2.45, 2.75) is 51.7 Å². The molecule has 1 unspecified atom stereocenters. The zero-order chi connectivity index (χ0) is 20.7. The molecular formula is C16H21NO9S. The Bertz CT molecular complexity index is 834. The summed E-state index contributed by atoms with van der Waals surface area (Å²) in [6, 6.07) is 0. The Morgan fingerprint density at radius 3 is 2.22 bits per heavy atom. The molecule has 0 N–H and O–H groups in total. The van der Waals surface area contributed by atoms with Gasteiger partial charge in [-0.3, -0.25) is 19.3 Å². The minimum Gasteiger partial charge on any atom is -0.461 e. The van der Waals surface area contributed by atoms with E-state index in [0.29, 0.717) is 0 Å². The average Bonchev–Trinajstić information content (AvgIpc) is 2.47. The molecule has 0 saturated carbocycles. The first-order valence-corrected chi connectivity index (χ1v) is 9.77. The molecule has 0 aromatic rings. The number of ether oxygens (including phenoxy) is 3. The van der Waals surface area contributed by atoms with Gasteiger partial charge in [0.15, 0.2) is 15.2 Å². The van der Waals surface area contributed by atoms with E-state index in [1.807, 2.05) is 0 Å². The van der Waals surface area contributed by atoms with E-state index in [0.717, 1.165) is 18.7 Å². The number of esters is 3. The lowest BCUT2D eigenvalue weighted by atomic mass is 10.0. The highest BCUT2D eigenvalue weighted by Gasteiger charge is 2.62. The molecule has 10 nitrogen and oxygen atoms in total. The number of carbonyl (C=O) groups is 4. The minimum atomic E-state index is -3.99. The van der Waals surface area contributed by atoms with Gasteiger partial charge in [-0.05, 0) is 20.8 Å². The van der Waals surface area contributed by atoms with Gasteiger partial charge in [-0.1, -0.05) is 0 Å². The first kappa shape index (κ1) is 20.9. The van der Waals surface area contributed by atoms with Crippen molar-refractivity contribution in [1.29, 1.82) is 0 Å². The maximum Gasteiger partial charge on any atom is 0.355 e. The third-order valence-electron chi connectivity index (χ3n) is 3.65. The van der Waals surface area contributed by atoms with E-state index in [4.69, 9.17) is 14.2 Å². The van der Waals surface area contributed by atoms with Crippen molar-refractivity contribution < 1.29 is 41.8 Å². The van der Waals surface area contributed by atoms with Crippen LogP contribution in [0.2, 0.25) is 0 Å². The van der Waals surface area contributed by atoms with Crippen LogP contribution in [0.25, 0.3) is 0 Å². The third-order valence-corrected chi connectivity index (χ3v) is 5.59. The molecule has 2 aliphatic rings. The first-order chi connectivity index (χ1) is 12.2. The van der Waals surface area contributed by atoms with E-state index in [9.17, 15) is 27.6 Å². The molecule has 0 bridgehead atoms. The number of hydrogen-bond acceptors (Lipinski definition) is 9. The standard InChI is InChI=1S/C16H21NO9S/c1-8(18)24-6-10-7-27(22,23)14-12(25-9(2)19)13(20)17(14)11(10)15(21)26-16(3,4)5/h12,14H,6-7H2,1-5H3/t12-,14?/m0/s1. The van der Waals surface area contributed by atoms with Crippen molar-refractivity contribution in [2.75, 3.05) is 12.4 Å². The number of fused-ring (bicyclic) bond motifs is 1. The molecule has 1 fully saturated rings. The van der Waals surface area contributed by atoms with Crippen LogP contribution in [0.5, 0.6) is 0 Å². The molecule has 0 aromatic carbocycles. The molecule has 11 heteroatoms. The summed E-state index contributed by atoms with van der Waals surface area (Å²) >= 11 is 0. The number of hydrogen-bond donors (Lipinski definition) is 0. The van der Waals surface area contributed by atoms with Crippen molar-refractivity contribution in [3.8, 4) is 0 Å². The summed E-state index contributed by atoms with van der Waals surface area (Å²) in [5, 5.41) is -1.52. The van der Waals surface area contributed by atoms with Gasteiger partial charge in [-0.15, -0.1) is 0 Å². The Morgan fingerprint density at radius 2 is 1.74 bits per heavy atom. The second-order valence-electron chi connectivity index (χ2n) is 7.17. The Labute approximate surface area is 156 Å². The summed E-state index contributed by atoms with van der Waals surface area (Å²) in [5.74, 6) is -3.94. The number of nitrogens with zero attached hydrogens (tertiary/aromatic N) is 1. The Balaban J connectivity index is 2.50. The fourth-order valence-electron chi connectivity index (χ4n) is 2.75. The fraction of sp³-hybridized carbons (Fsp3) is 0.625. The van der Waals surface area contributed by atoms with Gasteiger partial charge in [0.05, 0.1) is 5.75 Å². The molecule has 0 aromatic heterocycles. The average molecular weight is 403 g/mol. The van der Waals surface area contributed by atoms with Crippen molar-refractivity contribution in [1.82, 2.24) is 4.90 Å². The number of rotatable bonds is 4. The van der Waals surface area contributed by atoms with Gasteiger partial charge in [-0.2, -0.15) is 0 Å². The molecule has 27 heavy (non-hydrogen) atoms. The first-order valence-electron chi connectivity index (χ1n) is 8.05. The smallest absolute Gasteiger partial charge is 0.355 e. The molecule has 2 heterocycles. The van der Waals surface area contributed by atoms with Crippen molar-refractivity contribution >= 4 is 33.7 Å². The number of amides is 1.